The van der Waals surface area contributed by atoms with Crippen molar-refractivity contribution in [3.8, 4) is 0 Å². The number of allylic oxidation sites excluding steroid dienone is 2. The summed E-state index contributed by atoms with van der Waals surface area (Å²) in [7, 11) is 0. The van der Waals surface area contributed by atoms with E-state index in [1.807, 2.05) is 13.8 Å². The van der Waals surface area contributed by atoms with Gasteiger partial charge in [-0.25, -0.2) is 0 Å². The van der Waals surface area contributed by atoms with Crippen LogP contribution in [0.25, 0.3) is 0 Å². The first kappa shape index (κ1) is 14.3. The number of nitrogens with zero attached hydrogens (tertiary/aromatic N) is 2. The van der Waals surface area contributed by atoms with Crippen LogP contribution in [0.5, 0.6) is 0 Å². The molecule has 0 aromatic heterocycles. The highest BCUT2D eigenvalue weighted by Gasteiger charge is 2.27. The van der Waals surface area contributed by atoms with Crippen molar-refractivity contribution in [1.82, 2.24) is 4.90 Å². The van der Waals surface area contributed by atoms with Crippen molar-refractivity contribution in [3.63, 3.8) is 0 Å². The molecule has 0 amide bonds. The van der Waals surface area contributed by atoms with Crippen molar-refractivity contribution >= 4 is 5.84 Å². The lowest BCUT2D eigenvalue weighted by Gasteiger charge is -2.28. The summed E-state index contributed by atoms with van der Waals surface area (Å²) in [5.74, 6) is 2.15. The van der Waals surface area contributed by atoms with Gasteiger partial charge in [-0.05, 0) is 32.6 Å². The van der Waals surface area contributed by atoms with Crippen LogP contribution in [0.2, 0.25) is 0 Å². The maximum Gasteiger partial charge on any atom is 0.0992 e. The first-order chi connectivity index (χ1) is 8.24. The zero-order chi connectivity index (χ0) is 12.8. The molecule has 1 aliphatic heterocycles. The standard InChI is InChI=1S/C13H22N2.C2H6/c1-4-15-9-5-8-14-13(15)7-6-12-10(2)11(12)3;1-2/h10H,4-9H2,1-3H3;1-2H3. The molecule has 0 saturated carbocycles. The third kappa shape index (κ3) is 3.58. The van der Waals surface area contributed by atoms with Crippen LogP contribution in [0.1, 0.15) is 53.9 Å². The summed E-state index contributed by atoms with van der Waals surface area (Å²) in [4.78, 5) is 7.09. The zero-order valence-corrected chi connectivity index (χ0v) is 12.2. The molecule has 1 atom stereocenters. The van der Waals surface area contributed by atoms with Gasteiger partial charge in [0.05, 0.1) is 5.84 Å². The third-order valence-corrected chi connectivity index (χ3v) is 3.84. The number of hydrogen-bond donors (Lipinski definition) is 0. The largest absolute Gasteiger partial charge is 0.361 e. The summed E-state index contributed by atoms with van der Waals surface area (Å²) in [6.07, 6.45) is 3.63. The van der Waals surface area contributed by atoms with E-state index in [9.17, 15) is 0 Å². The van der Waals surface area contributed by atoms with Gasteiger partial charge in [0.25, 0.3) is 0 Å². The van der Waals surface area contributed by atoms with Gasteiger partial charge >= 0.3 is 0 Å². The lowest BCUT2D eigenvalue weighted by Crippen LogP contribution is -2.35. The minimum absolute atomic E-state index is 0.796. The molecule has 0 N–H and O–H groups in total. The topological polar surface area (TPSA) is 15.6 Å². The molecule has 0 fully saturated rings. The van der Waals surface area contributed by atoms with Gasteiger partial charge in [-0.1, -0.05) is 31.9 Å². The van der Waals surface area contributed by atoms with Crippen LogP contribution in [-0.2, 0) is 0 Å². The predicted molar refractivity (Wildman–Crippen MR) is 76.6 cm³/mol. The highest BCUT2D eigenvalue weighted by molar-refractivity contribution is 5.83. The van der Waals surface area contributed by atoms with E-state index in [-0.39, 0.29) is 0 Å². The van der Waals surface area contributed by atoms with Crippen molar-refractivity contribution in [2.75, 3.05) is 19.6 Å². The molecule has 0 saturated heterocycles. The van der Waals surface area contributed by atoms with Crippen LogP contribution in [0.4, 0.5) is 0 Å². The molecule has 0 spiro atoms. The first-order valence-corrected chi connectivity index (χ1v) is 7.21. The van der Waals surface area contributed by atoms with E-state index in [0.29, 0.717) is 0 Å². The molecule has 0 bridgehead atoms. The van der Waals surface area contributed by atoms with E-state index in [1.54, 1.807) is 11.1 Å². The average molecular weight is 236 g/mol. The van der Waals surface area contributed by atoms with Crippen LogP contribution in [0.15, 0.2) is 16.1 Å². The Bertz CT molecular complexity index is 302. The van der Waals surface area contributed by atoms with Crippen molar-refractivity contribution in [3.05, 3.63) is 11.1 Å². The Balaban J connectivity index is 0.000000686. The van der Waals surface area contributed by atoms with Crippen LogP contribution in [0.3, 0.4) is 0 Å². The fourth-order valence-electron chi connectivity index (χ4n) is 2.49. The van der Waals surface area contributed by atoms with E-state index in [0.717, 1.165) is 25.4 Å². The second kappa shape index (κ2) is 6.83. The van der Waals surface area contributed by atoms with Gasteiger partial charge in [0.1, 0.15) is 0 Å². The molecule has 17 heavy (non-hydrogen) atoms. The highest BCUT2D eigenvalue weighted by Crippen LogP contribution is 2.41. The first-order valence-electron chi connectivity index (χ1n) is 7.21. The van der Waals surface area contributed by atoms with E-state index in [1.165, 1.54) is 25.2 Å². The molecule has 2 nitrogen and oxygen atoms in total. The van der Waals surface area contributed by atoms with Crippen LogP contribution >= 0.6 is 0 Å². The second-order valence-corrected chi connectivity index (χ2v) is 4.66. The fourth-order valence-corrected chi connectivity index (χ4v) is 2.49. The Labute approximate surface area is 107 Å². The summed E-state index contributed by atoms with van der Waals surface area (Å²) in [5.41, 5.74) is 3.30. The van der Waals surface area contributed by atoms with E-state index >= 15 is 0 Å². The van der Waals surface area contributed by atoms with Crippen molar-refractivity contribution in [2.24, 2.45) is 10.9 Å². The van der Waals surface area contributed by atoms with Crippen LogP contribution in [-0.4, -0.2) is 30.4 Å². The lowest BCUT2D eigenvalue weighted by molar-refractivity contribution is 0.404. The van der Waals surface area contributed by atoms with E-state index in [4.69, 9.17) is 0 Å². The molecule has 1 heterocycles. The molecule has 2 rings (SSSR count). The molecule has 2 heteroatoms. The van der Waals surface area contributed by atoms with Gasteiger partial charge in [0, 0.05) is 26.1 Å². The van der Waals surface area contributed by atoms with Gasteiger partial charge in [-0.3, -0.25) is 4.99 Å². The number of hydrogen-bond acceptors (Lipinski definition) is 2. The molecule has 1 unspecified atom stereocenters. The Morgan fingerprint density at radius 1 is 1.29 bits per heavy atom. The maximum atomic E-state index is 4.65. The van der Waals surface area contributed by atoms with E-state index < -0.39 is 0 Å². The zero-order valence-electron chi connectivity index (χ0n) is 12.2. The normalized spacial score (nSPS) is 23.0. The Morgan fingerprint density at radius 2 is 1.94 bits per heavy atom. The predicted octanol–water partition coefficient (Wildman–Crippen LogP) is 3.88. The average Bonchev–Trinajstić information content (AvgIpc) is 2.97. The molecule has 1 aliphatic carbocycles. The van der Waals surface area contributed by atoms with Gasteiger partial charge < -0.3 is 4.90 Å². The van der Waals surface area contributed by atoms with Gasteiger partial charge in [0.15, 0.2) is 0 Å². The highest BCUT2D eigenvalue weighted by atomic mass is 15.2. The van der Waals surface area contributed by atoms with Gasteiger partial charge in [-0.15, -0.1) is 0 Å². The van der Waals surface area contributed by atoms with Crippen LogP contribution < -0.4 is 0 Å². The molecule has 0 aromatic rings. The van der Waals surface area contributed by atoms with Crippen molar-refractivity contribution in [2.45, 2.75) is 53.9 Å². The molecule has 0 aromatic carbocycles. The third-order valence-electron chi connectivity index (χ3n) is 3.84. The van der Waals surface area contributed by atoms with Crippen molar-refractivity contribution in [1.29, 1.82) is 0 Å². The van der Waals surface area contributed by atoms with Gasteiger partial charge in [0.2, 0.25) is 0 Å². The molecule has 0 radical (unpaired) electrons. The molecular formula is C15H28N2. The summed E-state index contributed by atoms with van der Waals surface area (Å²) >= 11 is 0. The Morgan fingerprint density at radius 3 is 2.47 bits per heavy atom. The summed E-state index contributed by atoms with van der Waals surface area (Å²) in [5, 5.41) is 0. The minimum atomic E-state index is 0.796. The SMILES string of the molecule is CC.CCN1CCCN=C1CCC1=C(C)C1C. The summed E-state index contributed by atoms with van der Waals surface area (Å²) in [6, 6.07) is 0. The van der Waals surface area contributed by atoms with Crippen LogP contribution in [0, 0.1) is 5.92 Å². The summed E-state index contributed by atoms with van der Waals surface area (Å²) in [6.45, 7) is 14.2. The molecule has 2 aliphatic rings. The number of rotatable bonds is 4. The number of amidine groups is 1. The molecular weight excluding hydrogens is 208 g/mol. The van der Waals surface area contributed by atoms with Crippen molar-refractivity contribution < 1.29 is 0 Å². The van der Waals surface area contributed by atoms with E-state index in [2.05, 4.69) is 30.7 Å². The number of aliphatic imine (C=N–C) groups is 1. The monoisotopic (exact) mass is 236 g/mol. The second-order valence-electron chi connectivity index (χ2n) is 4.66. The Kier molecular flexibility index (Phi) is 5.73. The quantitative estimate of drug-likeness (QED) is 0.676. The lowest BCUT2D eigenvalue weighted by atomic mass is 10.1. The maximum absolute atomic E-state index is 4.65. The molecule has 98 valence electrons. The van der Waals surface area contributed by atoms with Gasteiger partial charge in [-0.2, -0.15) is 0 Å². The Hall–Kier alpha value is -0.790. The smallest absolute Gasteiger partial charge is 0.0992 e. The fraction of sp³-hybridized carbons (Fsp3) is 0.800. The summed E-state index contributed by atoms with van der Waals surface area (Å²) < 4.78 is 0. The minimum Gasteiger partial charge on any atom is -0.361 e.